The number of benzene rings is 4. The van der Waals surface area contributed by atoms with Crippen molar-refractivity contribution in [3.05, 3.63) is 120 Å². The second kappa shape index (κ2) is 12.4. The molecule has 0 unspecified atom stereocenters. The Labute approximate surface area is 243 Å². The Morgan fingerprint density at radius 2 is 1.52 bits per heavy atom. The number of carbonyl (C=O) groups excluding carboxylic acids is 1. The third kappa shape index (κ3) is 6.48. The van der Waals surface area contributed by atoms with Gasteiger partial charge in [-0.1, -0.05) is 24.3 Å². The molecule has 1 heterocycles. The van der Waals surface area contributed by atoms with Gasteiger partial charge in [0.1, 0.15) is 17.2 Å². The van der Waals surface area contributed by atoms with Crippen molar-refractivity contribution in [2.75, 3.05) is 18.9 Å². The summed E-state index contributed by atoms with van der Waals surface area (Å²) in [7, 11) is -0.822. The van der Waals surface area contributed by atoms with E-state index >= 15 is 0 Å². The van der Waals surface area contributed by atoms with E-state index in [2.05, 4.69) is 15.2 Å². The first-order chi connectivity index (χ1) is 20.4. The van der Waals surface area contributed by atoms with E-state index in [9.17, 15) is 13.2 Å². The van der Waals surface area contributed by atoms with E-state index in [4.69, 9.17) is 14.6 Å². The number of rotatable bonds is 10. The van der Waals surface area contributed by atoms with Crippen LogP contribution in [0.2, 0.25) is 0 Å². The lowest BCUT2D eigenvalue weighted by Gasteiger charge is -2.09. The SMILES string of the molecule is COc1ccc(NS(=O)(=O)c2cccc(C(=O)N/N=C\c3cn(-c4ccccc4)nc3-c3ccc(OC)cc3)c2)cc1. The van der Waals surface area contributed by atoms with Crippen molar-refractivity contribution < 1.29 is 22.7 Å². The van der Waals surface area contributed by atoms with E-state index in [1.165, 1.54) is 37.6 Å². The van der Waals surface area contributed by atoms with Crippen molar-refractivity contribution in [3.63, 3.8) is 0 Å². The third-order valence-electron chi connectivity index (χ3n) is 6.25. The molecule has 0 atom stereocenters. The molecule has 212 valence electrons. The van der Waals surface area contributed by atoms with Crippen molar-refractivity contribution in [1.82, 2.24) is 15.2 Å². The molecule has 10 nitrogen and oxygen atoms in total. The summed E-state index contributed by atoms with van der Waals surface area (Å²) in [6.07, 6.45) is 3.30. The fourth-order valence-electron chi connectivity index (χ4n) is 4.07. The zero-order chi connectivity index (χ0) is 29.5. The Kier molecular flexibility index (Phi) is 8.30. The maximum absolute atomic E-state index is 12.9. The van der Waals surface area contributed by atoms with E-state index in [1.54, 1.807) is 36.1 Å². The first-order valence-electron chi connectivity index (χ1n) is 12.8. The Morgan fingerprint density at radius 1 is 0.857 bits per heavy atom. The maximum Gasteiger partial charge on any atom is 0.271 e. The van der Waals surface area contributed by atoms with Gasteiger partial charge in [-0.15, -0.1) is 0 Å². The minimum absolute atomic E-state index is 0.0686. The molecule has 1 amide bonds. The molecule has 0 aliphatic rings. The molecule has 2 N–H and O–H groups in total. The normalized spacial score (nSPS) is 11.3. The molecule has 11 heteroatoms. The first kappa shape index (κ1) is 28.1. The highest BCUT2D eigenvalue weighted by molar-refractivity contribution is 7.92. The van der Waals surface area contributed by atoms with Crippen LogP contribution in [0.15, 0.2) is 119 Å². The summed E-state index contributed by atoms with van der Waals surface area (Å²) < 4.78 is 40.5. The number of sulfonamides is 1. The topological polar surface area (TPSA) is 124 Å². The van der Waals surface area contributed by atoms with Crippen molar-refractivity contribution in [3.8, 4) is 28.4 Å². The Hall–Kier alpha value is -5.42. The number of ether oxygens (including phenoxy) is 2. The smallest absolute Gasteiger partial charge is 0.271 e. The van der Waals surface area contributed by atoms with Gasteiger partial charge in [0.15, 0.2) is 0 Å². The van der Waals surface area contributed by atoms with E-state index < -0.39 is 15.9 Å². The molecule has 5 aromatic rings. The van der Waals surface area contributed by atoms with Gasteiger partial charge in [0.05, 0.1) is 31.0 Å². The summed E-state index contributed by atoms with van der Waals surface area (Å²) >= 11 is 0. The van der Waals surface area contributed by atoms with E-state index in [0.29, 0.717) is 28.4 Å². The van der Waals surface area contributed by atoms with Gasteiger partial charge in [-0.05, 0) is 78.9 Å². The average Bonchev–Trinajstić information content (AvgIpc) is 3.46. The minimum atomic E-state index is -3.95. The van der Waals surface area contributed by atoms with Crippen LogP contribution in [0.1, 0.15) is 15.9 Å². The van der Waals surface area contributed by atoms with Crippen LogP contribution in [-0.2, 0) is 10.0 Å². The highest BCUT2D eigenvalue weighted by Crippen LogP contribution is 2.25. The van der Waals surface area contributed by atoms with Gasteiger partial charge in [-0.2, -0.15) is 10.2 Å². The summed E-state index contributed by atoms with van der Waals surface area (Å²) in [5, 5.41) is 8.88. The summed E-state index contributed by atoms with van der Waals surface area (Å²) in [6, 6.07) is 29.2. The van der Waals surface area contributed by atoms with Gasteiger partial charge in [0.25, 0.3) is 15.9 Å². The number of para-hydroxylation sites is 1. The lowest BCUT2D eigenvalue weighted by molar-refractivity contribution is 0.0955. The standard InChI is InChI=1S/C31H27N5O5S/c1-40-27-15-11-22(12-16-27)30-24(21-36(34-30)26-8-4-3-5-9-26)20-32-33-31(37)23-7-6-10-29(19-23)42(38,39)35-25-13-17-28(41-2)18-14-25/h3-21,35H,1-2H3,(H,33,37)/b32-20-. The number of carbonyl (C=O) groups is 1. The van der Waals surface area contributed by atoms with E-state index in [1.807, 2.05) is 60.8 Å². The van der Waals surface area contributed by atoms with Crippen LogP contribution < -0.4 is 19.6 Å². The quantitative estimate of drug-likeness (QED) is 0.174. The van der Waals surface area contributed by atoms with Gasteiger partial charge in [0, 0.05) is 28.6 Å². The Balaban J connectivity index is 1.35. The number of hydrogen-bond donors (Lipinski definition) is 2. The predicted octanol–water partition coefficient (Wildman–Crippen LogP) is 5.12. The number of aromatic nitrogens is 2. The summed E-state index contributed by atoms with van der Waals surface area (Å²) in [5.41, 5.74) is 5.96. The van der Waals surface area contributed by atoms with E-state index in [-0.39, 0.29) is 10.5 Å². The van der Waals surface area contributed by atoms with Crippen LogP contribution in [0.3, 0.4) is 0 Å². The number of nitrogens with zero attached hydrogens (tertiary/aromatic N) is 3. The van der Waals surface area contributed by atoms with Gasteiger partial charge in [0.2, 0.25) is 0 Å². The van der Waals surface area contributed by atoms with Crippen molar-refractivity contribution in [1.29, 1.82) is 0 Å². The minimum Gasteiger partial charge on any atom is -0.497 e. The summed E-state index contributed by atoms with van der Waals surface area (Å²) in [5.74, 6) is 0.738. The van der Waals surface area contributed by atoms with Crippen LogP contribution >= 0.6 is 0 Å². The predicted molar refractivity (Wildman–Crippen MR) is 161 cm³/mol. The molecule has 0 spiro atoms. The van der Waals surface area contributed by atoms with E-state index in [0.717, 1.165) is 11.3 Å². The average molecular weight is 582 g/mol. The molecular weight excluding hydrogens is 554 g/mol. The number of amides is 1. The van der Waals surface area contributed by atoms with Crippen LogP contribution in [-0.4, -0.2) is 44.5 Å². The van der Waals surface area contributed by atoms with Crippen molar-refractivity contribution in [2.24, 2.45) is 5.10 Å². The molecule has 0 aliphatic carbocycles. The molecule has 0 bridgehead atoms. The monoisotopic (exact) mass is 581 g/mol. The van der Waals surface area contributed by atoms with Crippen molar-refractivity contribution in [2.45, 2.75) is 4.90 Å². The molecule has 4 aromatic carbocycles. The Bertz CT molecular complexity index is 1820. The van der Waals surface area contributed by atoms with Crippen molar-refractivity contribution >= 4 is 27.8 Å². The van der Waals surface area contributed by atoms with Crippen LogP contribution in [0.5, 0.6) is 11.5 Å². The van der Waals surface area contributed by atoms with Gasteiger partial charge >= 0.3 is 0 Å². The molecule has 0 radical (unpaired) electrons. The lowest BCUT2D eigenvalue weighted by Crippen LogP contribution is -2.19. The molecule has 5 rings (SSSR count). The molecular formula is C31H27N5O5S. The fourth-order valence-corrected chi connectivity index (χ4v) is 5.17. The highest BCUT2D eigenvalue weighted by atomic mass is 32.2. The Morgan fingerprint density at radius 3 is 2.19 bits per heavy atom. The summed E-state index contributed by atoms with van der Waals surface area (Å²) in [4.78, 5) is 12.8. The number of hydrogen-bond acceptors (Lipinski definition) is 7. The molecule has 1 aromatic heterocycles. The van der Waals surface area contributed by atoms with Crippen LogP contribution in [0.4, 0.5) is 5.69 Å². The second-order valence-corrected chi connectivity index (χ2v) is 10.7. The number of anilines is 1. The molecule has 42 heavy (non-hydrogen) atoms. The third-order valence-corrected chi connectivity index (χ3v) is 7.62. The lowest BCUT2D eigenvalue weighted by atomic mass is 10.1. The zero-order valence-corrected chi connectivity index (χ0v) is 23.6. The number of methoxy groups -OCH3 is 2. The fraction of sp³-hybridized carbons (Fsp3) is 0.0645. The van der Waals surface area contributed by atoms with Gasteiger partial charge < -0.3 is 9.47 Å². The number of nitrogens with one attached hydrogen (secondary N) is 2. The largest absolute Gasteiger partial charge is 0.497 e. The molecule has 0 aliphatic heterocycles. The molecule has 0 saturated carbocycles. The van der Waals surface area contributed by atoms with Crippen LogP contribution in [0.25, 0.3) is 16.9 Å². The first-order valence-corrected chi connectivity index (χ1v) is 14.2. The molecule has 0 saturated heterocycles. The summed E-state index contributed by atoms with van der Waals surface area (Å²) in [6.45, 7) is 0. The van der Waals surface area contributed by atoms with Gasteiger partial charge in [-0.25, -0.2) is 18.5 Å². The molecule has 0 fully saturated rings. The second-order valence-electron chi connectivity index (χ2n) is 9.00. The maximum atomic E-state index is 12.9. The van der Waals surface area contributed by atoms with Gasteiger partial charge in [-0.3, -0.25) is 9.52 Å². The van der Waals surface area contributed by atoms with Crippen LogP contribution in [0, 0.1) is 0 Å². The highest BCUT2D eigenvalue weighted by Gasteiger charge is 2.17. The zero-order valence-electron chi connectivity index (χ0n) is 22.8. The number of hydrazone groups is 1.